The summed E-state index contributed by atoms with van der Waals surface area (Å²) in [6, 6.07) is 26.8. The number of aromatic nitrogens is 1. The summed E-state index contributed by atoms with van der Waals surface area (Å²) >= 11 is 7.80. The van der Waals surface area contributed by atoms with Crippen LogP contribution in [0, 0.1) is 0 Å². The van der Waals surface area contributed by atoms with Gasteiger partial charge in [0.1, 0.15) is 0 Å². The molecule has 0 bridgehead atoms. The molecule has 2 nitrogen and oxygen atoms in total. The predicted octanol–water partition coefficient (Wildman–Crippen LogP) is 6.36. The minimum atomic E-state index is -0.0777. The lowest BCUT2D eigenvalue weighted by molar-refractivity contribution is 0.103. The molecule has 0 spiro atoms. The van der Waals surface area contributed by atoms with Crippen LogP contribution in [-0.4, -0.2) is 10.8 Å². The largest absolute Gasteiger partial charge is 0.286 e. The van der Waals surface area contributed by atoms with Crippen molar-refractivity contribution < 1.29 is 4.79 Å². The maximum atomic E-state index is 12.9. The molecule has 0 fully saturated rings. The average molecular weight is 376 g/mol. The molecular weight excluding hydrogens is 362 g/mol. The summed E-state index contributed by atoms with van der Waals surface area (Å²) in [4.78, 5) is 18.5. The summed E-state index contributed by atoms with van der Waals surface area (Å²) in [5.74, 6) is -0.0777. The lowest BCUT2D eigenvalue weighted by atomic mass is 10.1. The lowest BCUT2D eigenvalue weighted by Gasteiger charge is -2.04. The molecule has 0 aliphatic carbocycles. The Balaban J connectivity index is 1.89. The van der Waals surface area contributed by atoms with E-state index in [9.17, 15) is 4.79 Å². The predicted molar refractivity (Wildman–Crippen MR) is 108 cm³/mol. The van der Waals surface area contributed by atoms with Crippen molar-refractivity contribution in [1.82, 2.24) is 4.98 Å². The zero-order chi connectivity index (χ0) is 17.9. The third-order valence-electron chi connectivity index (χ3n) is 4.02. The Bertz CT molecular complexity index is 1060. The molecule has 4 heteroatoms. The second-order valence-electron chi connectivity index (χ2n) is 5.74. The third kappa shape index (κ3) is 3.19. The minimum Gasteiger partial charge on any atom is -0.286 e. The number of carbonyl (C=O) groups is 1. The summed E-state index contributed by atoms with van der Waals surface area (Å²) in [6.07, 6.45) is 0. The van der Waals surface area contributed by atoms with Crippen molar-refractivity contribution in [2.75, 3.05) is 0 Å². The van der Waals surface area contributed by atoms with Gasteiger partial charge < -0.3 is 0 Å². The van der Waals surface area contributed by atoms with E-state index in [-0.39, 0.29) is 5.78 Å². The fraction of sp³-hybridized carbons (Fsp3) is 0. The van der Waals surface area contributed by atoms with Crippen molar-refractivity contribution in [1.29, 1.82) is 0 Å². The Morgan fingerprint density at radius 1 is 0.808 bits per heavy atom. The number of benzene rings is 3. The lowest BCUT2D eigenvalue weighted by Crippen LogP contribution is -2.00. The van der Waals surface area contributed by atoms with E-state index in [0.29, 0.717) is 15.6 Å². The number of thiazole rings is 1. The molecule has 0 unspecified atom stereocenters. The summed E-state index contributed by atoms with van der Waals surface area (Å²) in [5.41, 5.74) is 3.22. The zero-order valence-corrected chi connectivity index (χ0v) is 15.3. The van der Waals surface area contributed by atoms with Crippen LogP contribution in [0.25, 0.3) is 21.7 Å². The van der Waals surface area contributed by atoms with Gasteiger partial charge in [0, 0.05) is 11.1 Å². The van der Waals surface area contributed by atoms with Gasteiger partial charge in [0.2, 0.25) is 5.78 Å². The Labute approximate surface area is 160 Å². The van der Waals surface area contributed by atoms with Crippen LogP contribution in [0.1, 0.15) is 15.4 Å². The summed E-state index contributed by atoms with van der Waals surface area (Å²) < 4.78 is 0. The number of carbonyl (C=O) groups excluding carboxylic acids is 1. The second kappa shape index (κ2) is 7.24. The minimum absolute atomic E-state index is 0.0777. The van der Waals surface area contributed by atoms with E-state index >= 15 is 0 Å². The first-order chi connectivity index (χ1) is 12.7. The van der Waals surface area contributed by atoms with Gasteiger partial charge in [0.05, 0.1) is 15.6 Å². The zero-order valence-electron chi connectivity index (χ0n) is 13.7. The molecule has 0 amide bonds. The van der Waals surface area contributed by atoms with Crippen LogP contribution in [0.4, 0.5) is 0 Å². The van der Waals surface area contributed by atoms with Gasteiger partial charge in [-0.15, -0.1) is 11.3 Å². The van der Waals surface area contributed by atoms with E-state index in [0.717, 1.165) is 21.7 Å². The van der Waals surface area contributed by atoms with Crippen LogP contribution in [0.15, 0.2) is 84.9 Å². The molecular formula is C22H14ClNOS. The highest BCUT2D eigenvalue weighted by molar-refractivity contribution is 7.17. The van der Waals surface area contributed by atoms with Crippen LogP contribution in [0.5, 0.6) is 0 Å². The van der Waals surface area contributed by atoms with Crippen LogP contribution in [0.3, 0.4) is 0 Å². The second-order valence-corrected chi connectivity index (χ2v) is 7.14. The van der Waals surface area contributed by atoms with E-state index in [1.54, 1.807) is 12.1 Å². The first-order valence-electron chi connectivity index (χ1n) is 8.15. The standard InChI is InChI=1S/C22H14ClNOS/c23-18-14-8-7-13-17(18)19-21(16-11-5-2-6-12-16)26-22(24-19)20(25)15-9-3-1-4-10-15/h1-14H. The molecule has 26 heavy (non-hydrogen) atoms. The molecule has 0 saturated carbocycles. The summed E-state index contributed by atoms with van der Waals surface area (Å²) in [6.45, 7) is 0. The highest BCUT2D eigenvalue weighted by atomic mass is 35.5. The highest BCUT2D eigenvalue weighted by Gasteiger charge is 2.21. The Kier molecular flexibility index (Phi) is 4.65. The highest BCUT2D eigenvalue weighted by Crippen LogP contribution is 2.39. The average Bonchev–Trinajstić information content (AvgIpc) is 3.14. The number of hydrogen-bond donors (Lipinski definition) is 0. The first-order valence-corrected chi connectivity index (χ1v) is 9.34. The molecule has 3 aromatic carbocycles. The molecule has 0 aliphatic heterocycles. The van der Waals surface area contributed by atoms with Gasteiger partial charge in [-0.3, -0.25) is 4.79 Å². The molecule has 0 atom stereocenters. The van der Waals surface area contributed by atoms with E-state index < -0.39 is 0 Å². The number of ketones is 1. The van der Waals surface area contributed by atoms with Crippen molar-refractivity contribution in [2.45, 2.75) is 0 Å². The van der Waals surface area contributed by atoms with Crippen LogP contribution >= 0.6 is 22.9 Å². The van der Waals surface area contributed by atoms with Crippen molar-refractivity contribution in [3.63, 3.8) is 0 Å². The third-order valence-corrected chi connectivity index (χ3v) is 5.46. The molecule has 0 aliphatic rings. The number of hydrogen-bond acceptors (Lipinski definition) is 3. The number of nitrogens with zero attached hydrogens (tertiary/aromatic N) is 1. The molecule has 4 rings (SSSR count). The van der Waals surface area contributed by atoms with E-state index in [2.05, 4.69) is 4.98 Å². The van der Waals surface area contributed by atoms with E-state index in [1.807, 2.05) is 72.8 Å². The fourth-order valence-electron chi connectivity index (χ4n) is 2.75. The summed E-state index contributed by atoms with van der Waals surface area (Å²) in [7, 11) is 0. The van der Waals surface area contributed by atoms with Crippen molar-refractivity contribution >= 4 is 28.7 Å². The van der Waals surface area contributed by atoms with Gasteiger partial charge >= 0.3 is 0 Å². The Hall–Kier alpha value is -2.75. The Morgan fingerprint density at radius 3 is 2.12 bits per heavy atom. The molecule has 1 aromatic heterocycles. The van der Waals surface area contributed by atoms with Crippen LogP contribution in [0.2, 0.25) is 5.02 Å². The van der Waals surface area contributed by atoms with Gasteiger partial charge in [-0.2, -0.15) is 0 Å². The molecule has 0 radical (unpaired) electrons. The molecule has 126 valence electrons. The van der Waals surface area contributed by atoms with Gasteiger partial charge in [-0.25, -0.2) is 4.98 Å². The maximum absolute atomic E-state index is 12.9. The van der Waals surface area contributed by atoms with Crippen molar-refractivity contribution in [3.8, 4) is 21.7 Å². The van der Waals surface area contributed by atoms with Crippen molar-refractivity contribution in [3.05, 3.63) is 101 Å². The first kappa shape index (κ1) is 16.7. The smallest absolute Gasteiger partial charge is 0.221 e. The number of rotatable bonds is 4. The number of halogens is 1. The normalized spacial score (nSPS) is 10.7. The van der Waals surface area contributed by atoms with Gasteiger partial charge in [-0.05, 0) is 11.6 Å². The van der Waals surface area contributed by atoms with Gasteiger partial charge in [0.15, 0.2) is 5.01 Å². The molecule has 0 saturated heterocycles. The topological polar surface area (TPSA) is 30.0 Å². The molecule has 1 heterocycles. The monoisotopic (exact) mass is 375 g/mol. The van der Waals surface area contributed by atoms with E-state index in [1.165, 1.54) is 11.3 Å². The SMILES string of the molecule is O=C(c1ccccc1)c1nc(-c2ccccc2Cl)c(-c2ccccc2)s1. The van der Waals surface area contributed by atoms with Crippen LogP contribution in [-0.2, 0) is 0 Å². The molecule has 0 N–H and O–H groups in total. The maximum Gasteiger partial charge on any atom is 0.221 e. The van der Waals surface area contributed by atoms with Crippen LogP contribution < -0.4 is 0 Å². The Morgan fingerprint density at radius 2 is 1.42 bits per heavy atom. The quantitative estimate of drug-likeness (QED) is 0.388. The summed E-state index contributed by atoms with van der Waals surface area (Å²) in [5, 5.41) is 1.08. The van der Waals surface area contributed by atoms with Crippen molar-refractivity contribution in [2.24, 2.45) is 0 Å². The van der Waals surface area contributed by atoms with Gasteiger partial charge in [-0.1, -0.05) is 90.5 Å². The molecule has 4 aromatic rings. The van der Waals surface area contributed by atoms with Gasteiger partial charge in [0.25, 0.3) is 0 Å². The fourth-order valence-corrected chi connectivity index (χ4v) is 4.02. The van der Waals surface area contributed by atoms with E-state index in [4.69, 9.17) is 11.6 Å².